The van der Waals surface area contributed by atoms with Crippen LogP contribution in [0.1, 0.15) is 23.1 Å². The van der Waals surface area contributed by atoms with Crippen LogP contribution in [0.25, 0.3) is 11.0 Å². The van der Waals surface area contributed by atoms with Crippen LogP contribution < -0.4 is 10.6 Å². The first-order valence-electron chi connectivity index (χ1n) is 7.45. The van der Waals surface area contributed by atoms with Crippen molar-refractivity contribution in [3.05, 3.63) is 59.9 Å². The number of benzene rings is 2. The van der Waals surface area contributed by atoms with Gasteiger partial charge < -0.3 is 10.6 Å². The second-order valence-corrected chi connectivity index (χ2v) is 5.36. The van der Waals surface area contributed by atoms with E-state index in [1.54, 1.807) is 31.2 Å². The standard InChI is InChI=1S/C18H16N4O2/c1-11-17(22-16-9-4-3-8-15(16)19-11)18(24)21-14-7-5-6-13(10-14)20-12(2)23/h3-10H,1-2H3,(H,20,23)(H,21,24). The van der Waals surface area contributed by atoms with Crippen LogP contribution in [0.4, 0.5) is 11.4 Å². The number of rotatable bonds is 3. The Morgan fingerprint density at radius 1 is 0.875 bits per heavy atom. The topological polar surface area (TPSA) is 84.0 Å². The van der Waals surface area contributed by atoms with Crippen molar-refractivity contribution in [2.45, 2.75) is 13.8 Å². The summed E-state index contributed by atoms with van der Waals surface area (Å²) in [5, 5.41) is 5.46. The summed E-state index contributed by atoms with van der Waals surface area (Å²) in [6.07, 6.45) is 0. The molecule has 6 nitrogen and oxygen atoms in total. The molecule has 0 aliphatic carbocycles. The third-order valence-electron chi connectivity index (χ3n) is 3.40. The van der Waals surface area contributed by atoms with Gasteiger partial charge in [0.25, 0.3) is 5.91 Å². The molecule has 2 N–H and O–H groups in total. The van der Waals surface area contributed by atoms with E-state index in [4.69, 9.17) is 0 Å². The van der Waals surface area contributed by atoms with Crippen LogP contribution in [0.2, 0.25) is 0 Å². The molecule has 0 fully saturated rings. The molecular weight excluding hydrogens is 304 g/mol. The zero-order valence-electron chi connectivity index (χ0n) is 13.3. The molecule has 3 aromatic rings. The first-order chi connectivity index (χ1) is 11.5. The van der Waals surface area contributed by atoms with Gasteiger partial charge in [0.2, 0.25) is 5.91 Å². The van der Waals surface area contributed by atoms with Crippen molar-refractivity contribution in [1.29, 1.82) is 0 Å². The lowest BCUT2D eigenvalue weighted by Gasteiger charge is -2.09. The van der Waals surface area contributed by atoms with E-state index in [1.165, 1.54) is 6.92 Å². The van der Waals surface area contributed by atoms with E-state index in [0.29, 0.717) is 22.6 Å². The summed E-state index contributed by atoms with van der Waals surface area (Å²) < 4.78 is 0. The third kappa shape index (κ3) is 3.38. The number of hydrogen-bond acceptors (Lipinski definition) is 4. The molecule has 0 saturated heterocycles. The quantitative estimate of drug-likeness (QED) is 0.776. The summed E-state index contributed by atoms with van der Waals surface area (Å²) in [5.41, 5.74) is 3.43. The Morgan fingerprint density at radius 2 is 1.50 bits per heavy atom. The number of aryl methyl sites for hydroxylation is 1. The maximum Gasteiger partial charge on any atom is 0.276 e. The fourth-order valence-corrected chi connectivity index (χ4v) is 2.37. The van der Waals surface area contributed by atoms with Crippen molar-refractivity contribution in [1.82, 2.24) is 9.97 Å². The summed E-state index contributed by atoms with van der Waals surface area (Å²) >= 11 is 0. The van der Waals surface area contributed by atoms with Crippen LogP contribution in [0.5, 0.6) is 0 Å². The van der Waals surface area contributed by atoms with E-state index in [-0.39, 0.29) is 17.5 Å². The number of hydrogen-bond donors (Lipinski definition) is 2. The van der Waals surface area contributed by atoms with Gasteiger partial charge in [-0.2, -0.15) is 0 Å². The van der Waals surface area contributed by atoms with Crippen LogP contribution in [0, 0.1) is 6.92 Å². The predicted octanol–water partition coefficient (Wildman–Crippen LogP) is 3.15. The maximum absolute atomic E-state index is 12.5. The number of amides is 2. The second-order valence-electron chi connectivity index (χ2n) is 5.36. The highest BCUT2D eigenvalue weighted by molar-refractivity contribution is 6.04. The number of nitrogens with zero attached hydrogens (tertiary/aromatic N) is 2. The van der Waals surface area contributed by atoms with Crippen LogP contribution >= 0.6 is 0 Å². The minimum atomic E-state index is -0.342. The van der Waals surface area contributed by atoms with Gasteiger partial charge in [0.1, 0.15) is 5.69 Å². The smallest absolute Gasteiger partial charge is 0.276 e. The van der Waals surface area contributed by atoms with E-state index in [9.17, 15) is 9.59 Å². The van der Waals surface area contributed by atoms with Crippen LogP contribution in [0.3, 0.4) is 0 Å². The van der Waals surface area contributed by atoms with Crippen LogP contribution in [-0.2, 0) is 4.79 Å². The van der Waals surface area contributed by atoms with Gasteiger partial charge in [-0.05, 0) is 37.3 Å². The number of carbonyl (C=O) groups is 2. The SMILES string of the molecule is CC(=O)Nc1cccc(NC(=O)c2nc3ccccc3nc2C)c1. The van der Waals surface area contributed by atoms with E-state index < -0.39 is 0 Å². The number of carbonyl (C=O) groups excluding carboxylic acids is 2. The van der Waals surface area contributed by atoms with Gasteiger partial charge in [0.15, 0.2) is 0 Å². The van der Waals surface area contributed by atoms with Crippen molar-refractivity contribution < 1.29 is 9.59 Å². The summed E-state index contributed by atoms with van der Waals surface area (Å²) in [7, 11) is 0. The highest BCUT2D eigenvalue weighted by Crippen LogP contribution is 2.17. The minimum Gasteiger partial charge on any atom is -0.326 e. The number of anilines is 2. The average molecular weight is 320 g/mol. The molecule has 2 aromatic carbocycles. The highest BCUT2D eigenvalue weighted by atomic mass is 16.2. The van der Waals surface area contributed by atoms with Gasteiger partial charge in [-0.1, -0.05) is 18.2 Å². The zero-order valence-corrected chi connectivity index (χ0v) is 13.3. The van der Waals surface area contributed by atoms with E-state index in [2.05, 4.69) is 20.6 Å². The van der Waals surface area contributed by atoms with Gasteiger partial charge in [0, 0.05) is 18.3 Å². The Kier molecular flexibility index (Phi) is 4.20. The van der Waals surface area contributed by atoms with Gasteiger partial charge in [-0.15, -0.1) is 0 Å². The van der Waals surface area contributed by atoms with Gasteiger partial charge in [-0.25, -0.2) is 9.97 Å². The van der Waals surface area contributed by atoms with Crippen LogP contribution in [-0.4, -0.2) is 21.8 Å². The molecular formula is C18H16N4O2. The monoisotopic (exact) mass is 320 g/mol. The lowest BCUT2D eigenvalue weighted by atomic mass is 10.2. The van der Waals surface area contributed by atoms with Crippen molar-refractivity contribution in [3.8, 4) is 0 Å². The molecule has 120 valence electrons. The molecule has 2 amide bonds. The Hall–Kier alpha value is -3.28. The summed E-state index contributed by atoms with van der Waals surface area (Å²) in [6, 6.07) is 14.3. The second kappa shape index (κ2) is 6.45. The van der Waals surface area contributed by atoms with Crippen molar-refractivity contribution >= 4 is 34.2 Å². The minimum absolute atomic E-state index is 0.172. The molecule has 0 aliphatic rings. The Balaban J connectivity index is 1.87. The van der Waals surface area contributed by atoms with Gasteiger partial charge in [0.05, 0.1) is 16.7 Å². The molecule has 0 radical (unpaired) electrons. The Labute approximate surface area is 138 Å². The van der Waals surface area contributed by atoms with Gasteiger partial charge >= 0.3 is 0 Å². The molecule has 0 spiro atoms. The summed E-state index contributed by atoms with van der Waals surface area (Å²) in [5.74, 6) is -0.513. The molecule has 0 unspecified atom stereocenters. The number of aromatic nitrogens is 2. The summed E-state index contributed by atoms with van der Waals surface area (Å²) in [6.45, 7) is 3.18. The van der Waals surface area contributed by atoms with Gasteiger partial charge in [-0.3, -0.25) is 9.59 Å². The van der Waals surface area contributed by atoms with Crippen LogP contribution in [0.15, 0.2) is 48.5 Å². The van der Waals surface area contributed by atoms with Crippen molar-refractivity contribution in [2.24, 2.45) is 0 Å². The number of nitrogens with one attached hydrogen (secondary N) is 2. The molecule has 1 aromatic heterocycles. The fraction of sp³-hybridized carbons (Fsp3) is 0.111. The lowest BCUT2D eigenvalue weighted by Crippen LogP contribution is -2.16. The van der Waals surface area contributed by atoms with E-state index in [0.717, 1.165) is 5.52 Å². The molecule has 0 bridgehead atoms. The predicted molar refractivity (Wildman–Crippen MR) is 93.0 cm³/mol. The molecule has 0 atom stereocenters. The van der Waals surface area contributed by atoms with Crippen molar-refractivity contribution in [3.63, 3.8) is 0 Å². The number of fused-ring (bicyclic) bond motifs is 1. The molecule has 0 saturated carbocycles. The Morgan fingerprint density at radius 3 is 2.17 bits per heavy atom. The molecule has 1 heterocycles. The first kappa shape index (κ1) is 15.6. The normalized spacial score (nSPS) is 10.4. The highest BCUT2D eigenvalue weighted by Gasteiger charge is 2.14. The summed E-state index contributed by atoms with van der Waals surface area (Å²) in [4.78, 5) is 32.4. The molecule has 3 rings (SSSR count). The van der Waals surface area contributed by atoms with E-state index >= 15 is 0 Å². The molecule has 0 aliphatic heterocycles. The number of para-hydroxylation sites is 2. The molecule has 24 heavy (non-hydrogen) atoms. The third-order valence-corrected chi connectivity index (χ3v) is 3.40. The molecule has 6 heteroatoms. The lowest BCUT2D eigenvalue weighted by molar-refractivity contribution is -0.114. The zero-order chi connectivity index (χ0) is 17.1. The largest absolute Gasteiger partial charge is 0.326 e. The maximum atomic E-state index is 12.5. The van der Waals surface area contributed by atoms with Crippen molar-refractivity contribution in [2.75, 3.05) is 10.6 Å². The average Bonchev–Trinajstić information content (AvgIpc) is 2.53. The Bertz CT molecular complexity index is 937. The first-order valence-corrected chi connectivity index (χ1v) is 7.45. The van der Waals surface area contributed by atoms with E-state index in [1.807, 2.05) is 24.3 Å². The fourth-order valence-electron chi connectivity index (χ4n) is 2.37.